The molecule has 0 amide bonds. The number of carbonyl (C=O) groups excluding carboxylic acids is 1. The fourth-order valence-corrected chi connectivity index (χ4v) is 1.40. The lowest BCUT2D eigenvalue weighted by molar-refractivity contribution is -0.156. The van der Waals surface area contributed by atoms with E-state index >= 15 is 0 Å². The molecule has 16 heavy (non-hydrogen) atoms. The average Bonchev–Trinajstić information content (AvgIpc) is 2.15. The highest BCUT2D eigenvalue weighted by Crippen LogP contribution is 2.30. The summed E-state index contributed by atoms with van der Waals surface area (Å²) >= 11 is 0. The third kappa shape index (κ3) is 3.05. The van der Waals surface area contributed by atoms with Crippen LogP contribution in [0, 0.1) is 5.41 Å². The van der Waals surface area contributed by atoms with E-state index in [1.165, 1.54) is 12.2 Å². The van der Waals surface area contributed by atoms with E-state index in [2.05, 4.69) is 13.2 Å². The van der Waals surface area contributed by atoms with Gasteiger partial charge in [-0.3, -0.25) is 14.4 Å². The summed E-state index contributed by atoms with van der Waals surface area (Å²) in [6, 6.07) is 0. The summed E-state index contributed by atoms with van der Waals surface area (Å²) in [5, 5.41) is 17.6. The fraction of sp³-hybridized carbons (Fsp3) is 0.364. The number of rotatable bonds is 8. The van der Waals surface area contributed by atoms with Crippen molar-refractivity contribution in [3.05, 3.63) is 25.3 Å². The molecule has 0 aromatic rings. The number of Topliss-reactive ketones (excluding diaryl/α,β-unsaturated/α-hetero) is 1. The fourth-order valence-electron chi connectivity index (χ4n) is 1.40. The Labute approximate surface area is 93.1 Å². The number of ketones is 1. The molecule has 88 valence electrons. The van der Waals surface area contributed by atoms with E-state index in [1.807, 2.05) is 0 Å². The normalized spacial score (nSPS) is 10.5. The molecular weight excluding hydrogens is 212 g/mol. The van der Waals surface area contributed by atoms with Crippen molar-refractivity contribution in [1.29, 1.82) is 0 Å². The second kappa shape index (κ2) is 5.85. The minimum absolute atomic E-state index is 0.111. The van der Waals surface area contributed by atoms with Gasteiger partial charge in [-0.2, -0.15) is 0 Å². The van der Waals surface area contributed by atoms with Crippen molar-refractivity contribution in [2.75, 3.05) is 0 Å². The van der Waals surface area contributed by atoms with Crippen LogP contribution in [0.25, 0.3) is 0 Å². The van der Waals surface area contributed by atoms with Crippen LogP contribution in [0.15, 0.2) is 25.3 Å². The molecule has 0 aromatic heterocycles. The number of carboxylic acids is 2. The molecule has 0 spiro atoms. The lowest BCUT2D eigenvalue weighted by Gasteiger charge is -2.24. The first-order chi connectivity index (χ1) is 7.40. The average molecular weight is 226 g/mol. The Hall–Kier alpha value is -1.91. The van der Waals surface area contributed by atoms with Gasteiger partial charge >= 0.3 is 11.9 Å². The van der Waals surface area contributed by atoms with Gasteiger partial charge in [0, 0.05) is 0 Å². The van der Waals surface area contributed by atoms with E-state index < -0.39 is 29.6 Å². The Kier molecular flexibility index (Phi) is 5.15. The van der Waals surface area contributed by atoms with Crippen LogP contribution in [0.1, 0.15) is 19.3 Å². The van der Waals surface area contributed by atoms with Crippen molar-refractivity contribution in [3.8, 4) is 0 Å². The predicted molar refractivity (Wildman–Crippen MR) is 57.0 cm³/mol. The Balaban J connectivity index is 5.22. The van der Waals surface area contributed by atoms with Crippen molar-refractivity contribution in [3.63, 3.8) is 0 Å². The van der Waals surface area contributed by atoms with E-state index in [0.29, 0.717) is 0 Å². The lowest BCUT2D eigenvalue weighted by Crippen LogP contribution is -2.39. The summed E-state index contributed by atoms with van der Waals surface area (Å²) in [5.41, 5.74) is -1.75. The Morgan fingerprint density at radius 3 is 1.75 bits per heavy atom. The third-order valence-electron chi connectivity index (χ3n) is 2.24. The molecule has 0 saturated carbocycles. The van der Waals surface area contributed by atoms with Gasteiger partial charge in [0.1, 0.15) is 11.8 Å². The molecule has 5 nitrogen and oxygen atoms in total. The van der Waals surface area contributed by atoms with Crippen LogP contribution in [-0.2, 0) is 14.4 Å². The van der Waals surface area contributed by atoms with Crippen LogP contribution in [-0.4, -0.2) is 27.9 Å². The molecule has 0 unspecified atom stereocenters. The molecular formula is C11H14O5. The molecule has 0 radical (unpaired) electrons. The molecule has 5 heteroatoms. The largest absolute Gasteiger partial charge is 0.481 e. The summed E-state index contributed by atoms with van der Waals surface area (Å²) in [6.45, 7) is 6.75. The first-order valence-corrected chi connectivity index (χ1v) is 4.61. The van der Waals surface area contributed by atoms with Crippen LogP contribution < -0.4 is 0 Å². The van der Waals surface area contributed by atoms with Gasteiger partial charge in [0.25, 0.3) is 0 Å². The van der Waals surface area contributed by atoms with Crippen molar-refractivity contribution >= 4 is 17.7 Å². The van der Waals surface area contributed by atoms with Gasteiger partial charge in [-0.15, -0.1) is 13.2 Å². The molecule has 0 fully saturated rings. The van der Waals surface area contributed by atoms with Gasteiger partial charge in [0.05, 0.1) is 0 Å². The summed E-state index contributed by atoms with van der Waals surface area (Å²) in [6.07, 6.45) is 1.55. The topological polar surface area (TPSA) is 91.7 Å². The zero-order valence-corrected chi connectivity index (χ0v) is 8.81. The van der Waals surface area contributed by atoms with Crippen molar-refractivity contribution in [2.24, 2.45) is 5.41 Å². The molecule has 2 N–H and O–H groups in total. The van der Waals surface area contributed by atoms with Crippen LogP contribution in [0.4, 0.5) is 0 Å². The summed E-state index contributed by atoms with van der Waals surface area (Å²) in [4.78, 5) is 33.2. The Bertz CT molecular complexity index is 319. The zero-order chi connectivity index (χ0) is 12.8. The number of hydrogen-bond acceptors (Lipinski definition) is 3. The molecule has 0 aliphatic carbocycles. The Morgan fingerprint density at radius 1 is 1.06 bits per heavy atom. The monoisotopic (exact) mass is 226 g/mol. The Morgan fingerprint density at radius 2 is 1.50 bits per heavy atom. The number of carboxylic acid groups (broad SMARTS) is 2. The predicted octanol–water partition coefficient (Wildman–Crippen LogP) is 1.25. The van der Waals surface area contributed by atoms with E-state index in [4.69, 9.17) is 10.2 Å². The molecule has 0 rings (SSSR count). The van der Waals surface area contributed by atoms with Crippen LogP contribution in [0.3, 0.4) is 0 Å². The minimum atomic E-state index is -1.75. The quantitative estimate of drug-likeness (QED) is 0.480. The highest BCUT2D eigenvalue weighted by atomic mass is 16.4. The van der Waals surface area contributed by atoms with Crippen LogP contribution in [0.2, 0.25) is 0 Å². The van der Waals surface area contributed by atoms with Crippen LogP contribution >= 0.6 is 0 Å². The number of allylic oxidation sites excluding steroid dienone is 2. The first kappa shape index (κ1) is 14.1. The van der Waals surface area contributed by atoms with Crippen LogP contribution in [0.5, 0.6) is 0 Å². The van der Waals surface area contributed by atoms with Crippen molar-refractivity contribution in [2.45, 2.75) is 19.3 Å². The maximum absolute atomic E-state index is 11.6. The second-order valence-corrected chi connectivity index (χ2v) is 3.37. The summed E-state index contributed by atoms with van der Waals surface area (Å²) in [5.74, 6) is -3.53. The van der Waals surface area contributed by atoms with Gasteiger partial charge in [0.2, 0.25) is 0 Å². The van der Waals surface area contributed by atoms with E-state index in [-0.39, 0.29) is 12.8 Å². The molecule has 0 heterocycles. The molecule has 0 bridgehead atoms. The van der Waals surface area contributed by atoms with Gasteiger partial charge in [-0.05, 0) is 12.8 Å². The maximum atomic E-state index is 11.6. The summed E-state index contributed by atoms with van der Waals surface area (Å²) in [7, 11) is 0. The van der Waals surface area contributed by atoms with Gasteiger partial charge in [0.15, 0.2) is 5.78 Å². The zero-order valence-electron chi connectivity index (χ0n) is 8.81. The molecule has 0 aliphatic rings. The molecule has 0 aliphatic heterocycles. The van der Waals surface area contributed by atoms with Gasteiger partial charge in [-0.1, -0.05) is 12.2 Å². The number of hydrogen-bond donors (Lipinski definition) is 2. The lowest BCUT2D eigenvalue weighted by atomic mass is 9.76. The first-order valence-electron chi connectivity index (χ1n) is 4.61. The molecule has 0 saturated heterocycles. The summed E-state index contributed by atoms with van der Waals surface area (Å²) < 4.78 is 0. The number of carbonyl (C=O) groups is 3. The second-order valence-electron chi connectivity index (χ2n) is 3.37. The van der Waals surface area contributed by atoms with E-state index in [9.17, 15) is 14.4 Å². The SMILES string of the molecule is C=CCC(CC=C)(C(=O)O)C(=O)CC(=O)O. The van der Waals surface area contributed by atoms with E-state index in [0.717, 1.165) is 0 Å². The highest BCUT2D eigenvalue weighted by molar-refractivity contribution is 6.09. The third-order valence-corrected chi connectivity index (χ3v) is 2.24. The highest BCUT2D eigenvalue weighted by Gasteiger charge is 2.44. The van der Waals surface area contributed by atoms with Crippen molar-refractivity contribution in [1.82, 2.24) is 0 Å². The maximum Gasteiger partial charge on any atom is 0.317 e. The number of aliphatic carboxylic acids is 2. The minimum Gasteiger partial charge on any atom is -0.481 e. The van der Waals surface area contributed by atoms with E-state index in [1.54, 1.807) is 0 Å². The van der Waals surface area contributed by atoms with Gasteiger partial charge < -0.3 is 10.2 Å². The van der Waals surface area contributed by atoms with Crippen molar-refractivity contribution < 1.29 is 24.6 Å². The molecule has 0 aromatic carbocycles. The standard InChI is InChI=1S/C11H14O5/c1-3-5-11(6-4-2,10(15)16)8(12)7-9(13)14/h3-4H,1-2,5-7H2,(H,13,14)(H,15,16). The molecule has 0 atom stereocenters. The van der Waals surface area contributed by atoms with Gasteiger partial charge in [-0.25, -0.2) is 0 Å². The smallest absolute Gasteiger partial charge is 0.317 e.